The van der Waals surface area contributed by atoms with Gasteiger partial charge in [-0.3, -0.25) is 20.2 Å². The molecule has 0 atom stereocenters. The number of pyridine rings is 1. The van der Waals surface area contributed by atoms with Crippen LogP contribution in [0.25, 0.3) is 0 Å². The Hall–Kier alpha value is -2.41. The van der Waals surface area contributed by atoms with Crippen LogP contribution in [0.15, 0.2) is 30.5 Å². The van der Waals surface area contributed by atoms with Gasteiger partial charge in [0.1, 0.15) is 10.8 Å². The molecule has 0 bridgehead atoms. The van der Waals surface area contributed by atoms with Crippen LogP contribution in [-0.2, 0) is 0 Å². The summed E-state index contributed by atoms with van der Waals surface area (Å²) in [6.45, 7) is 0. The van der Waals surface area contributed by atoms with Gasteiger partial charge in [-0.25, -0.2) is 4.98 Å². The van der Waals surface area contributed by atoms with Crippen molar-refractivity contribution in [2.24, 2.45) is 0 Å². The lowest BCUT2D eigenvalue weighted by atomic mass is 10.3. The van der Waals surface area contributed by atoms with E-state index in [1.165, 1.54) is 12.1 Å². The van der Waals surface area contributed by atoms with Crippen molar-refractivity contribution < 1.29 is 9.72 Å². The largest absolute Gasteiger partial charge is 0.340 e. The molecule has 108 valence electrons. The molecular weight excluding hydrogens is 296 g/mol. The van der Waals surface area contributed by atoms with Crippen molar-refractivity contribution in [2.45, 2.75) is 18.9 Å². The fraction of sp³-hybridized carbons (Fsp3) is 0.231. The van der Waals surface area contributed by atoms with Crippen molar-refractivity contribution >= 4 is 29.0 Å². The molecule has 0 spiro atoms. The minimum absolute atomic E-state index is 0.0773. The molecule has 1 fully saturated rings. The number of amides is 1. The first-order valence-corrected chi connectivity index (χ1v) is 6.73. The summed E-state index contributed by atoms with van der Waals surface area (Å²) in [4.78, 5) is 26.4. The Morgan fingerprint density at radius 3 is 2.86 bits per heavy atom. The number of anilines is 1. The van der Waals surface area contributed by atoms with Gasteiger partial charge in [0, 0.05) is 18.3 Å². The normalized spacial score (nSPS) is 14.0. The molecule has 1 aliphatic carbocycles. The Kier molecular flexibility index (Phi) is 3.34. The van der Waals surface area contributed by atoms with E-state index in [2.05, 4.69) is 10.3 Å². The summed E-state index contributed by atoms with van der Waals surface area (Å²) in [6.07, 6.45) is 3.89. The van der Waals surface area contributed by atoms with Crippen LogP contribution in [0.4, 0.5) is 11.5 Å². The minimum atomic E-state index is -0.612. The molecule has 7 nitrogen and oxygen atoms in total. The van der Waals surface area contributed by atoms with Crippen molar-refractivity contribution in [2.75, 3.05) is 5.32 Å². The molecule has 2 heterocycles. The summed E-state index contributed by atoms with van der Waals surface area (Å²) in [7, 11) is 0. The number of nitrogens with one attached hydrogen (secondary N) is 1. The Bertz CT molecular complexity index is 724. The van der Waals surface area contributed by atoms with Gasteiger partial charge in [-0.15, -0.1) is 0 Å². The van der Waals surface area contributed by atoms with Gasteiger partial charge in [0.15, 0.2) is 0 Å². The van der Waals surface area contributed by atoms with Crippen molar-refractivity contribution in [3.8, 4) is 0 Å². The first-order chi connectivity index (χ1) is 10.1. The van der Waals surface area contributed by atoms with Gasteiger partial charge in [0.2, 0.25) is 5.82 Å². The predicted molar refractivity (Wildman–Crippen MR) is 76.6 cm³/mol. The van der Waals surface area contributed by atoms with Gasteiger partial charge in [0.25, 0.3) is 5.91 Å². The Labute approximate surface area is 124 Å². The molecule has 2 aromatic heterocycles. The summed E-state index contributed by atoms with van der Waals surface area (Å²) in [6, 6.07) is 6.30. The van der Waals surface area contributed by atoms with Gasteiger partial charge in [-0.2, -0.15) is 0 Å². The van der Waals surface area contributed by atoms with E-state index < -0.39 is 10.8 Å². The van der Waals surface area contributed by atoms with Gasteiger partial charge < -0.3 is 4.57 Å². The zero-order valence-corrected chi connectivity index (χ0v) is 11.6. The number of halogens is 1. The maximum atomic E-state index is 12.3. The average molecular weight is 307 g/mol. The van der Waals surface area contributed by atoms with Gasteiger partial charge in [0.05, 0.1) is 4.92 Å². The molecule has 0 saturated heterocycles. The van der Waals surface area contributed by atoms with E-state index in [1.807, 2.05) is 10.8 Å². The third kappa shape index (κ3) is 2.73. The lowest BCUT2D eigenvalue weighted by Crippen LogP contribution is -2.18. The summed E-state index contributed by atoms with van der Waals surface area (Å²) in [5.74, 6) is -0.592. The first-order valence-electron chi connectivity index (χ1n) is 6.35. The monoisotopic (exact) mass is 306 g/mol. The van der Waals surface area contributed by atoms with Crippen LogP contribution in [0.2, 0.25) is 5.15 Å². The first kappa shape index (κ1) is 13.6. The molecule has 1 amide bonds. The van der Waals surface area contributed by atoms with E-state index in [9.17, 15) is 14.9 Å². The second-order valence-corrected chi connectivity index (χ2v) is 5.13. The molecule has 1 saturated carbocycles. The van der Waals surface area contributed by atoms with Gasteiger partial charge >= 0.3 is 5.69 Å². The lowest BCUT2D eigenvalue weighted by molar-refractivity contribution is -0.384. The molecule has 21 heavy (non-hydrogen) atoms. The molecule has 2 aromatic rings. The highest BCUT2D eigenvalue weighted by molar-refractivity contribution is 6.29. The third-order valence-corrected chi connectivity index (χ3v) is 3.43. The fourth-order valence-corrected chi connectivity index (χ4v) is 2.24. The Morgan fingerprint density at radius 1 is 1.43 bits per heavy atom. The fourth-order valence-electron chi connectivity index (χ4n) is 2.10. The topological polar surface area (TPSA) is 90.1 Å². The molecule has 1 N–H and O–H groups in total. The number of rotatable bonds is 4. The maximum absolute atomic E-state index is 12.3. The average Bonchev–Trinajstić information content (AvgIpc) is 3.15. The van der Waals surface area contributed by atoms with Crippen LogP contribution in [0.5, 0.6) is 0 Å². The number of nitrogens with zero attached hydrogens (tertiary/aromatic N) is 3. The number of aromatic nitrogens is 2. The van der Waals surface area contributed by atoms with E-state index >= 15 is 0 Å². The third-order valence-electron chi connectivity index (χ3n) is 3.22. The van der Waals surface area contributed by atoms with Crippen LogP contribution in [-0.4, -0.2) is 20.4 Å². The molecule has 1 aliphatic rings. The van der Waals surface area contributed by atoms with Crippen LogP contribution in [0, 0.1) is 10.1 Å². The summed E-state index contributed by atoms with van der Waals surface area (Å²) >= 11 is 5.73. The van der Waals surface area contributed by atoms with Crippen molar-refractivity contribution in [1.29, 1.82) is 0 Å². The number of carbonyl (C=O) groups is 1. The van der Waals surface area contributed by atoms with Crippen LogP contribution in [0.1, 0.15) is 29.4 Å². The summed E-state index contributed by atoms with van der Waals surface area (Å²) in [5.41, 5.74) is 0.158. The van der Waals surface area contributed by atoms with Gasteiger partial charge in [-0.1, -0.05) is 11.6 Å². The number of hydrogen-bond acceptors (Lipinski definition) is 4. The highest BCUT2D eigenvalue weighted by Gasteiger charge is 2.27. The zero-order chi connectivity index (χ0) is 15.0. The molecule has 0 unspecified atom stereocenters. The van der Waals surface area contributed by atoms with E-state index in [0.717, 1.165) is 12.8 Å². The highest BCUT2D eigenvalue weighted by atomic mass is 35.5. The van der Waals surface area contributed by atoms with Crippen LogP contribution < -0.4 is 5.32 Å². The second kappa shape index (κ2) is 5.17. The number of hydrogen-bond donors (Lipinski definition) is 1. The van der Waals surface area contributed by atoms with Crippen LogP contribution in [0.3, 0.4) is 0 Å². The standard InChI is InChI=1S/C13H11ClN4O3/c14-11-6-5-9(18(20)21)12(15-11)16-13(19)10-2-1-7-17(10)8-3-4-8/h1-2,5-8H,3-4H2,(H,15,16,19). The second-order valence-electron chi connectivity index (χ2n) is 4.74. The molecular formula is C13H11ClN4O3. The smallest absolute Gasteiger partial charge is 0.311 e. The van der Waals surface area contributed by atoms with Crippen molar-refractivity contribution in [3.05, 3.63) is 51.4 Å². The lowest BCUT2D eigenvalue weighted by Gasteiger charge is -2.08. The zero-order valence-electron chi connectivity index (χ0n) is 10.8. The van der Waals surface area contributed by atoms with E-state index in [4.69, 9.17) is 11.6 Å². The minimum Gasteiger partial charge on any atom is -0.340 e. The van der Waals surface area contributed by atoms with Crippen LogP contribution >= 0.6 is 11.6 Å². The number of nitro groups is 1. The quantitative estimate of drug-likeness (QED) is 0.534. The predicted octanol–water partition coefficient (Wildman–Crippen LogP) is 3.03. The van der Waals surface area contributed by atoms with E-state index in [1.54, 1.807) is 12.1 Å². The van der Waals surface area contributed by atoms with E-state index in [-0.39, 0.29) is 16.7 Å². The van der Waals surface area contributed by atoms with Crippen molar-refractivity contribution in [1.82, 2.24) is 9.55 Å². The maximum Gasteiger partial charge on any atom is 0.311 e. The molecule has 0 aromatic carbocycles. The summed E-state index contributed by atoms with van der Waals surface area (Å²) in [5, 5.41) is 13.5. The molecule has 0 aliphatic heterocycles. The van der Waals surface area contributed by atoms with E-state index in [0.29, 0.717) is 11.7 Å². The van der Waals surface area contributed by atoms with Crippen molar-refractivity contribution in [3.63, 3.8) is 0 Å². The summed E-state index contributed by atoms with van der Waals surface area (Å²) < 4.78 is 1.87. The SMILES string of the molecule is O=C(Nc1nc(Cl)ccc1[N+](=O)[O-])c1cccn1C1CC1. The number of carbonyl (C=O) groups excluding carboxylic acids is 1. The molecule has 0 radical (unpaired) electrons. The molecule has 3 rings (SSSR count). The Morgan fingerprint density at radius 2 is 2.19 bits per heavy atom. The highest BCUT2D eigenvalue weighted by Crippen LogP contribution is 2.36. The Balaban J connectivity index is 1.89. The van der Waals surface area contributed by atoms with Gasteiger partial charge in [-0.05, 0) is 31.0 Å². The molecule has 8 heteroatoms.